The molecule has 0 aromatic heterocycles. The van der Waals surface area contributed by atoms with Crippen molar-refractivity contribution in [3.05, 3.63) is 12.7 Å². The SMILES string of the molecule is C=CCC1CC[SiH2]OC1. The lowest BCUT2D eigenvalue weighted by atomic mass is 10.0. The number of hydrogen-bond acceptors (Lipinski definition) is 1. The van der Waals surface area contributed by atoms with E-state index in [2.05, 4.69) is 6.58 Å². The molecule has 0 N–H and O–H groups in total. The lowest BCUT2D eigenvalue weighted by Crippen LogP contribution is -2.17. The third-order valence-corrected chi connectivity index (χ3v) is 2.98. The molecule has 1 aliphatic rings. The Morgan fingerprint density at radius 3 is 3.22 bits per heavy atom. The highest BCUT2D eigenvalue weighted by atomic mass is 28.2. The van der Waals surface area contributed by atoms with Crippen molar-refractivity contribution in [1.82, 2.24) is 0 Å². The number of rotatable bonds is 2. The molecular formula is C7H14OSi. The van der Waals surface area contributed by atoms with E-state index in [1.165, 1.54) is 12.5 Å². The summed E-state index contributed by atoms with van der Waals surface area (Å²) in [6, 6.07) is 1.37. The largest absolute Gasteiger partial charge is 0.424 e. The minimum Gasteiger partial charge on any atom is -0.424 e. The fourth-order valence-electron chi connectivity index (χ4n) is 1.23. The molecular weight excluding hydrogens is 128 g/mol. The fraction of sp³-hybridized carbons (Fsp3) is 0.714. The Hall–Kier alpha value is -0.0831. The quantitative estimate of drug-likeness (QED) is 0.414. The van der Waals surface area contributed by atoms with Crippen molar-refractivity contribution in [2.75, 3.05) is 6.61 Å². The van der Waals surface area contributed by atoms with Crippen molar-refractivity contribution in [3.8, 4) is 0 Å². The maximum absolute atomic E-state index is 5.43. The van der Waals surface area contributed by atoms with Crippen molar-refractivity contribution < 1.29 is 4.43 Å². The molecule has 1 fully saturated rings. The van der Waals surface area contributed by atoms with E-state index in [1.807, 2.05) is 6.08 Å². The summed E-state index contributed by atoms with van der Waals surface area (Å²) in [5.41, 5.74) is 0. The van der Waals surface area contributed by atoms with Gasteiger partial charge in [0.1, 0.15) is 0 Å². The predicted octanol–water partition coefficient (Wildman–Crippen LogP) is 1.10. The third-order valence-electron chi connectivity index (χ3n) is 1.75. The van der Waals surface area contributed by atoms with Crippen molar-refractivity contribution in [3.63, 3.8) is 0 Å². The molecule has 1 rings (SSSR count). The second-order valence-corrected chi connectivity index (χ2v) is 4.13. The molecule has 0 saturated carbocycles. The molecule has 0 spiro atoms. The van der Waals surface area contributed by atoms with E-state index in [0.717, 1.165) is 18.9 Å². The van der Waals surface area contributed by atoms with Gasteiger partial charge in [0.15, 0.2) is 9.76 Å². The molecule has 0 aromatic rings. The van der Waals surface area contributed by atoms with Crippen LogP contribution in [0, 0.1) is 5.92 Å². The van der Waals surface area contributed by atoms with Gasteiger partial charge in [-0.2, -0.15) is 0 Å². The zero-order valence-electron chi connectivity index (χ0n) is 5.81. The molecule has 0 aromatic carbocycles. The lowest BCUT2D eigenvalue weighted by molar-refractivity contribution is 0.232. The summed E-state index contributed by atoms with van der Waals surface area (Å²) in [6.07, 6.45) is 4.54. The van der Waals surface area contributed by atoms with Crippen LogP contribution in [0.15, 0.2) is 12.7 Å². The van der Waals surface area contributed by atoms with Crippen LogP contribution in [0.2, 0.25) is 6.04 Å². The summed E-state index contributed by atoms with van der Waals surface area (Å²) in [6.45, 7) is 4.72. The average Bonchev–Trinajstić information content (AvgIpc) is 1.91. The van der Waals surface area contributed by atoms with Crippen LogP contribution in [0.25, 0.3) is 0 Å². The maximum atomic E-state index is 5.43. The summed E-state index contributed by atoms with van der Waals surface area (Å²) in [4.78, 5) is 0. The first-order valence-corrected chi connectivity index (χ1v) is 5.20. The summed E-state index contributed by atoms with van der Waals surface area (Å²) < 4.78 is 5.43. The number of hydrogen-bond donors (Lipinski definition) is 0. The predicted molar refractivity (Wildman–Crippen MR) is 42.2 cm³/mol. The molecule has 0 aliphatic carbocycles. The summed E-state index contributed by atoms with van der Waals surface area (Å²) in [5, 5.41) is 0. The summed E-state index contributed by atoms with van der Waals surface area (Å²) >= 11 is 0. The standard InChI is InChI=1S/C7H14OSi/c1-2-3-7-4-5-9-8-6-7/h2,7H,1,3-6,9H2. The monoisotopic (exact) mass is 142 g/mol. The zero-order valence-corrected chi connectivity index (χ0v) is 7.22. The molecule has 0 amide bonds. The Kier molecular flexibility index (Phi) is 3.01. The minimum absolute atomic E-state index is 0.0746. The van der Waals surface area contributed by atoms with Crippen LogP contribution in [0.4, 0.5) is 0 Å². The Bertz CT molecular complexity index is 86.9. The van der Waals surface area contributed by atoms with E-state index >= 15 is 0 Å². The van der Waals surface area contributed by atoms with Gasteiger partial charge in [0.25, 0.3) is 0 Å². The van der Waals surface area contributed by atoms with Gasteiger partial charge in [-0.15, -0.1) is 6.58 Å². The van der Waals surface area contributed by atoms with Crippen LogP contribution in [-0.2, 0) is 4.43 Å². The minimum atomic E-state index is -0.0746. The lowest BCUT2D eigenvalue weighted by Gasteiger charge is -2.19. The van der Waals surface area contributed by atoms with Gasteiger partial charge in [0.05, 0.1) is 0 Å². The first-order valence-electron chi connectivity index (χ1n) is 3.62. The van der Waals surface area contributed by atoms with E-state index in [0.29, 0.717) is 0 Å². The summed E-state index contributed by atoms with van der Waals surface area (Å²) in [7, 11) is -0.0746. The van der Waals surface area contributed by atoms with Gasteiger partial charge in [0.2, 0.25) is 0 Å². The highest BCUT2D eigenvalue weighted by molar-refractivity contribution is 6.27. The second kappa shape index (κ2) is 3.85. The van der Waals surface area contributed by atoms with Crippen LogP contribution in [-0.4, -0.2) is 16.4 Å². The highest BCUT2D eigenvalue weighted by Gasteiger charge is 2.11. The molecule has 1 aliphatic heterocycles. The first kappa shape index (κ1) is 7.03. The normalized spacial score (nSPS) is 30.4. The topological polar surface area (TPSA) is 9.23 Å². The Balaban J connectivity index is 2.15. The van der Waals surface area contributed by atoms with Gasteiger partial charge < -0.3 is 4.43 Å². The van der Waals surface area contributed by atoms with E-state index in [-0.39, 0.29) is 9.76 Å². The molecule has 9 heavy (non-hydrogen) atoms. The van der Waals surface area contributed by atoms with Crippen LogP contribution in [0.3, 0.4) is 0 Å². The van der Waals surface area contributed by atoms with Crippen LogP contribution in [0.1, 0.15) is 12.8 Å². The zero-order chi connectivity index (χ0) is 6.53. The van der Waals surface area contributed by atoms with Crippen molar-refractivity contribution >= 4 is 9.76 Å². The van der Waals surface area contributed by atoms with Gasteiger partial charge in [-0.25, -0.2) is 0 Å². The van der Waals surface area contributed by atoms with E-state index < -0.39 is 0 Å². The second-order valence-electron chi connectivity index (χ2n) is 2.61. The van der Waals surface area contributed by atoms with Gasteiger partial charge in [-0.3, -0.25) is 0 Å². The van der Waals surface area contributed by atoms with Crippen LogP contribution >= 0.6 is 0 Å². The van der Waals surface area contributed by atoms with Crippen LogP contribution < -0.4 is 0 Å². The molecule has 52 valence electrons. The Labute approximate surface area is 59.0 Å². The van der Waals surface area contributed by atoms with Gasteiger partial charge in [-0.05, 0) is 24.8 Å². The number of allylic oxidation sites excluding steroid dienone is 1. The average molecular weight is 142 g/mol. The molecule has 1 nitrogen and oxygen atoms in total. The van der Waals surface area contributed by atoms with E-state index in [1.54, 1.807) is 0 Å². The molecule has 1 atom stereocenters. The van der Waals surface area contributed by atoms with Crippen LogP contribution in [0.5, 0.6) is 0 Å². The van der Waals surface area contributed by atoms with Crippen molar-refractivity contribution in [2.24, 2.45) is 5.92 Å². The first-order chi connectivity index (χ1) is 4.43. The van der Waals surface area contributed by atoms with Gasteiger partial charge in [0, 0.05) is 6.61 Å². The van der Waals surface area contributed by atoms with Gasteiger partial charge >= 0.3 is 0 Å². The van der Waals surface area contributed by atoms with Crippen molar-refractivity contribution in [1.29, 1.82) is 0 Å². The smallest absolute Gasteiger partial charge is 0.161 e. The summed E-state index contributed by atoms with van der Waals surface area (Å²) in [5.74, 6) is 0.795. The molecule has 0 bridgehead atoms. The maximum Gasteiger partial charge on any atom is 0.161 e. The third kappa shape index (κ3) is 2.33. The molecule has 0 radical (unpaired) electrons. The molecule has 1 heterocycles. The Morgan fingerprint density at radius 2 is 2.67 bits per heavy atom. The fourth-order valence-corrected chi connectivity index (χ4v) is 2.68. The van der Waals surface area contributed by atoms with E-state index in [9.17, 15) is 0 Å². The van der Waals surface area contributed by atoms with Gasteiger partial charge in [-0.1, -0.05) is 6.08 Å². The highest BCUT2D eigenvalue weighted by Crippen LogP contribution is 2.16. The molecule has 1 saturated heterocycles. The van der Waals surface area contributed by atoms with E-state index in [4.69, 9.17) is 4.43 Å². The molecule has 2 heteroatoms. The molecule has 1 unspecified atom stereocenters. The van der Waals surface area contributed by atoms with Crippen molar-refractivity contribution in [2.45, 2.75) is 18.9 Å². The Morgan fingerprint density at radius 1 is 1.78 bits per heavy atom.